The fourth-order valence-corrected chi connectivity index (χ4v) is 4.99. The van der Waals surface area contributed by atoms with Crippen LogP contribution in [0.5, 0.6) is 0 Å². The Morgan fingerprint density at radius 3 is 2.03 bits per heavy atom. The van der Waals surface area contributed by atoms with Crippen molar-refractivity contribution in [2.45, 2.75) is 24.7 Å². The van der Waals surface area contributed by atoms with Crippen molar-refractivity contribution in [3.63, 3.8) is 0 Å². The van der Waals surface area contributed by atoms with Gasteiger partial charge in [-0.15, -0.1) is 0 Å². The summed E-state index contributed by atoms with van der Waals surface area (Å²) in [7, 11) is -3.58. The molecule has 0 aliphatic carbocycles. The monoisotopic (exact) mass is 550 g/mol. The number of nitrogens with one attached hydrogen (secondary N) is 1. The Morgan fingerprint density at radius 1 is 0.784 bits per heavy atom. The zero-order valence-corrected chi connectivity index (χ0v) is 22.5. The van der Waals surface area contributed by atoms with Crippen LogP contribution in [0.2, 0.25) is 0 Å². The summed E-state index contributed by atoms with van der Waals surface area (Å²) in [6.45, 7) is 1.93. The summed E-state index contributed by atoms with van der Waals surface area (Å²) >= 11 is 0. The molecule has 0 aromatic heterocycles. The first kappa shape index (κ1) is 28.0. The molecule has 5 rings (SSSR count). The van der Waals surface area contributed by atoms with Crippen LogP contribution in [0.15, 0.2) is 126 Å². The normalized spacial score (nSPS) is 10.6. The molecule has 196 valence electrons. The first-order valence-corrected chi connectivity index (χ1v) is 13.3. The number of rotatable bonds is 7. The Morgan fingerprint density at radius 2 is 1.38 bits per heavy atom. The summed E-state index contributed by atoms with van der Waals surface area (Å²) in [6.07, 6.45) is 1.62. The maximum Gasteiger partial charge on any atom is 0.261 e. The minimum atomic E-state index is -3.58. The quantitative estimate of drug-likeness (QED) is 0.135. The van der Waals surface area contributed by atoms with Gasteiger partial charge in [0.1, 0.15) is 0 Å². The van der Waals surface area contributed by atoms with Crippen molar-refractivity contribution in [2.24, 2.45) is 0 Å². The Bertz CT molecular complexity index is 1470. The van der Waals surface area contributed by atoms with Gasteiger partial charge in [-0.05, 0) is 43.2 Å². The van der Waals surface area contributed by atoms with E-state index in [1.807, 2.05) is 67.6 Å². The molecule has 4 nitrogen and oxygen atoms in total. The van der Waals surface area contributed by atoms with Crippen LogP contribution in [0, 0.1) is 6.92 Å². The topological polar surface area (TPSA) is 72.2 Å². The second kappa shape index (κ2) is 13.1. The van der Waals surface area contributed by atoms with Gasteiger partial charge in [0.25, 0.3) is 10.0 Å². The number of benzene rings is 3. The zero-order valence-electron chi connectivity index (χ0n) is 20.6. The molecule has 6 heteroatoms. The molecule has 0 unspecified atom stereocenters. The number of hydrogen-bond acceptors (Lipinski definition) is 3. The van der Waals surface area contributed by atoms with Gasteiger partial charge in [0.05, 0.1) is 10.6 Å². The van der Waals surface area contributed by atoms with Gasteiger partial charge in [-0.1, -0.05) is 59.7 Å². The molecular formula is C31H30FeN2O2S-6. The third-order valence-electron chi connectivity index (χ3n) is 5.90. The SMILES string of the molecule is Cc1ccc(S(=O)(=O)Nc2ccccc2C[c-]2cccc2)cc1.Nc1ccccc1C[c-]1[cH-][cH-][cH-][cH-]1.[Fe]. The average molecular weight is 551 g/mol. The number of nitrogens with two attached hydrogens (primary N) is 1. The van der Waals surface area contributed by atoms with E-state index in [1.165, 1.54) is 11.1 Å². The van der Waals surface area contributed by atoms with Crippen molar-refractivity contribution in [3.8, 4) is 0 Å². The van der Waals surface area contributed by atoms with Crippen molar-refractivity contribution in [3.05, 3.63) is 149 Å². The van der Waals surface area contributed by atoms with Gasteiger partial charge in [0.15, 0.2) is 0 Å². The molecule has 0 aliphatic rings. The van der Waals surface area contributed by atoms with Gasteiger partial charge < -0.3 is 35.6 Å². The molecule has 3 N–H and O–H groups in total. The number of hydrogen-bond donors (Lipinski definition) is 2. The maximum atomic E-state index is 12.6. The van der Waals surface area contributed by atoms with E-state index in [0.717, 1.165) is 28.8 Å². The Labute approximate surface area is 230 Å². The number of sulfonamides is 1. The second-order valence-electron chi connectivity index (χ2n) is 8.71. The number of anilines is 2. The minimum absolute atomic E-state index is 0. The van der Waals surface area contributed by atoms with Crippen LogP contribution in [0.25, 0.3) is 0 Å². The minimum Gasteiger partial charge on any atom is -0.748 e. The summed E-state index contributed by atoms with van der Waals surface area (Å²) in [6, 6.07) is 38.7. The second-order valence-corrected chi connectivity index (χ2v) is 10.4. The van der Waals surface area contributed by atoms with Gasteiger partial charge in [-0.25, -0.2) is 20.6 Å². The van der Waals surface area contributed by atoms with E-state index in [-0.39, 0.29) is 22.0 Å². The van der Waals surface area contributed by atoms with E-state index in [2.05, 4.69) is 35.1 Å². The standard InChI is InChI=1S/C19H18NO2S.C12H12N.Fe/c1-15-10-12-18(13-11-15)23(21,22)20-19-9-5-4-8-17(19)14-16-6-2-3-7-16;13-12-8-4-3-7-11(12)9-10-5-1-2-6-10;/h2-13,20H,14H2,1H3;1-8H,9,13H2;/q-1;-5;. The summed E-state index contributed by atoms with van der Waals surface area (Å²) in [5, 5.41) is 0. The molecule has 0 atom stereocenters. The molecule has 0 saturated heterocycles. The van der Waals surface area contributed by atoms with E-state index in [1.54, 1.807) is 30.3 Å². The van der Waals surface area contributed by atoms with Crippen LogP contribution in [0.1, 0.15) is 27.8 Å². The molecule has 5 aromatic carbocycles. The molecule has 0 fully saturated rings. The average Bonchev–Trinajstić information content (AvgIpc) is 3.57. The fraction of sp³-hybridized carbons (Fsp3) is 0.0968. The Hall–Kier alpha value is -3.57. The third-order valence-corrected chi connectivity index (χ3v) is 7.28. The summed E-state index contributed by atoms with van der Waals surface area (Å²) in [4.78, 5) is 0.270. The molecular weight excluding hydrogens is 520 g/mol. The van der Waals surface area contributed by atoms with Gasteiger partial charge in [-0.2, -0.15) is 24.1 Å². The zero-order chi connectivity index (χ0) is 25.4. The van der Waals surface area contributed by atoms with Gasteiger partial charge in [0, 0.05) is 22.8 Å². The predicted octanol–water partition coefficient (Wildman–Crippen LogP) is 6.68. The van der Waals surface area contributed by atoms with Crippen molar-refractivity contribution >= 4 is 21.4 Å². The summed E-state index contributed by atoms with van der Waals surface area (Å²) in [5.74, 6) is 0. The first-order valence-electron chi connectivity index (χ1n) is 11.8. The summed E-state index contributed by atoms with van der Waals surface area (Å²) in [5.41, 5.74) is 13.0. The fourth-order valence-electron chi connectivity index (χ4n) is 3.89. The third kappa shape index (κ3) is 7.96. The molecule has 37 heavy (non-hydrogen) atoms. The molecule has 5 aromatic rings. The van der Waals surface area contributed by atoms with Crippen LogP contribution in [0.4, 0.5) is 11.4 Å². The van der Waals surface area contributed by atoms with E-state index in [4.69, 9.17) is 5.73 Å². The largest absolute Gasteiger partial charge is 0.748 e. The Balaban J connectivity index is 0.000000231. The van der Waals surface area contributed by atoms with Crippen molar-refractivity contribution in [2.75, 3.05) is 10.5 Å². The van der Waals surface area contributed by atoms with E-state index in [9.17, 15) is 8.42 Å². The van der Waals surface area contributed by atoms with Gasteiger partial charge in [-0.3, -0.25) is 4.72 Å². The van der Waals surface area contributed by atoms with Gasteiger partial charge >= 0.3 is 0 Å². The van der Waals surface area contributed by atoms with Crippen LogP contribution in [-0.4, -0.2) is 8.42 Å². The summed E-state index contributed by atoms with van der Waals surface area (Å²) < 4.78 is 27.8. The predicted molar refractivity (Wildman–Crippen MR) is 149 cm³/mol. The van der Waals surface area contributed by atoms with Crippen molar-refractivity contribution in [1.82, 2.24) is 0 Å². The smallest absolute Gasteiger partial charge is 0.261 e. The van der Waals surface area contributed by atoms with Crippen LogP contribution in [-0.2, 0) is 39.9 Å². The number of nitrogen functional groups attached to an aromatic ring is 1. The molecule has 0 bridgehead atoms. The molecule has 0 saturated carbocycles. The van der Waals surface area contributed by atoms with E-state index >= 15 is 0 Å². The first-order chi connectivity index (χ1) is 17.4. The van der Waals surface area contributed by atoms with E-state index in [0.29, 0.717) is 12.1 Å². The molecule has 0 radical (unpaired) electrons. The van der Waals surface area contributed by atoms with Gasteiger partial charge in [0.2, 0.25) is 0 Å². The molecule has 0 amide bonds. The molecule has 0 spiro atoms. The Kier molecular flexibility index (Phi) is 9.92. The van der Waals surface area contributed by atoms with Crippen molar-refractivity contribution < 1.29 is 25.5 Å². The molecule has 0 heterocycles. The van der Waals surface area contributed by atoms with E-state index < -0.39 is 10.0 Å². The number of para-hydroxylation sites is 2. The number of aryl methyl sites for hydroxylation is 1. The molecule has 0 aliphatic heterocycles. The van der Waals surface area contributed by atoms with Crippen LogP contribution < -0.4 is 10.5 Å². The maximum absolute atomic E-state index is 12.6. The van der Waals surface area contributed by atoms with Crippen LogP contribution in [0.3, 0.4) is 0 Å². The van der Waals surface area contributed by atoms with Crippen molar-refractivity contribution in [1.29, 1.82) is 0 Å². The van der Waals surface area contributed by atoms with Crippen LogP contribution >= 0.6 is 0 Å².